The van der Waals surface area contributed by atoms with Crippen LogP contribution in [0.25, 0.3) is 21.7 Å². The van der Waals surface area contributed by atoms with Gasteiger partial charge in [0.1, 0.15) is 6.26 Å². The number of aromatic nitrogens is 3. The Hall–Kier alpha value is -2.13. The number of thioether (sulfide) groups is 1. The molecule has 0 N–H and O–H groups in total. The van der Waals surface area contributed by atoms with Crippen molar-refractivity contribution in [3.8, 4) is 10.8 Å². The molecular formula is C20H18ClN3O3S2. The molecular weight excluding hydrogens is 430 g/mol. The minimum Gasteiger partial charge on any atom is -0.444 e. The average Bonchev–Trinajstić information content (AvgIpc) is 3.40. The first-order valence-electron chi connectivity index (χ1n) is 8.96. The second-order valence-corrected chi connectivity index (χ2v) is 8.60. The van der Waals surface area contributed by atoms with Crippen LogP contribution in [0.15, 0.2) is 56.3 Å². The standard InChI is InChI=1S/C20H18ClN3O3S2/c1-26-8-3-7-24-19(25)15-6-5-13(21)10-16(15)23-20(24)29-12-14-11-27-18(22-14)17-4-2-9-28-17/h2,4-6,9-11H,3,7-8,12H2,1H3. The SMILES string of the molecule is COCCCn1c(SCc2coc(-c3cccs3)n2)nc2cc(Cl)ccc2c1=O. The molecule has 4 aromatic rings. The summed E-state index contributed by atoms with van der Waals surface area (Å²) in [5, 5.41) is 3.71. The van der Waals surface area contributed by atoms with Crippen LogP contribution in [0, 0.1) is 0 Å². The molecule has 9 heteroatoms. The Morgan fingerprint density at radius 1 is 1.31 bits per heavy atom. The number of ether oxygens (including phenoxy) is 1. The molecule has 3 aromatic heterocycles. The highest BCUT2D eigenvalue weighted by atomic mass is 35.5. The number of oxazole rings is 1. The van der Waals surface area contributed by atoms with Crippen molar-refractivity contribution in [2.45, 2.75) is 23.9 Å². The lowest BCUT2D eigenvalue weighted by Crippen LogP contribution is -2.24. The van der Waals surface area contributed by atoms with Crippen molar-refractivity contribution in [2.24, 2.45) is 0 Å². The first-order valence-corrected chi connectivity index (χ1v) is 11.2. The minimum atomic E-state index is -0.0790. The van der Waals surface area contributed by atoms with E-state index >= 15 is 0 Å². The van der Waals surface area contributed by atoms with Crippen LogP contribution in [-0.2, 0) is 17.0 Å². The maximum absolute atomic E-state index is 13.0. The van der Waals surface area contributed by atoms with Crippen molar-refractivity contribution >= 4 is 45.6 Å². The number of thiophene rings is 1. The predicted molar refractivity (Wildman–Crippen MR) is 117 cm³/mol. The Balaban J connectivity index is 1.62. The summed E-state index contributed by atoms with van der Waals surface area (Å²) < 4.78 is 12.4. The van der Waals surface area contributed by atoms with E-state index in [1.54, 1.807) is 47.5 Å². The largest absolute Gasteiger partial charge is 0.444 e. The normalized spacial score (nSPS) is 11.4. The highest BCUT2D eigenvalue weighted by molar-refractivity contribution is 7.98. The summed E-state index contributed by atoms with van der Waals surface area (Å²) in [6.45, 7) is 1.10. The molecule has 0 spiro atoms. The van der Waals surface area contributed by atoms with Crippen LogP contribution in [0.2, 0.25) is 5.02 Å². The molecule has 0 amide bonds. The van der Waals surface area contributed by atoms with Crippen LogP contribution in [0.5, 0.6) is 0 Å². The lowest BCUT2D eigenvalue weighted by Gasteiger charge is -2.12. The Bertz CT molecular complexity index is 1170. The summed E-state index contributed by atoms with van der Waals surface area (Å²) in [5.41, 5.74) is 1.30. The molecule has 0 unspecified atom stereocenters. The predicted octanol–water partition coefficient (Wildman–Crippen LogP) is 5.10. The maximum atomic E-state index is 13.0. The topological polar surface area (TPSA) is 70.2 Å². The number of rotatable bonds is 8. The molecule has 150 valence electrons. The smallest absolute Gasteiger partial charge is 0.262 e. The second kappa shape index (κ2) is 9.13. The number of halogens is 1. The summed E-state index contributed by atoms with van der Waals surface area (Å²) in [7, 11) is 1.65. The Kier molecular flexibility index (Phi) is 6.34. The number of benzene rings is 1. The number of nitrogens with zero attached hydrogens (tertiary/aromatic N) is 3. The molecule has 3 heterocycles. The van der Waals surface area contributed by atoms with Crippen LogP contribution in [0.4, 0.5) is 0 Å². The van der Waals surface area contributed by atoms with Gasteiger partial charge in [0.25, 0.3) is 5.56 Å². The van der Waals surface area contributed by atoms with Gasteiger partial charge in [0.15, 0.2) is 5.16 Å². The third-order valence-corrected chi connectivity index (χ3v) is 6.35. The summed E-state index contributed by atoms with van der Waals surface area (Å²) in [4.78, 5) is 23.2. The van der Waals surface area contributed by atoms with Crippen LogP contribution < -0.4 is 5.56 Å². The quantitative estimate of drug-likeness (QED) is 0.213. The van der Waals surface area contributed by atoms with Crippen molar-refractivity contribution in [1.29, 1.82) is 0 Å². The molecule has 0 saturated heterocycles. The van der Waals surface area contributed by atoms with Gasteiger partial charge in [0.2, 0.25) is 5.89 Å². The lowest BCUT2D eigenvalue weighted by atomic mass is 10.2. The molecule has 0 atom stereocenters. The zero-order chi connectivity index (χ0) is 20.2. The van der Waals surface area contributed by atoms with Gasteiger partial charge in [0.05, 0.1) is 21.5 Å². The van der Waals surface area contributed by atoms with Crippen LogP contribution in [-0.4, -0.2) is 28.3 Å². The highest BCUT2D eigenvalue weighted by Crippen LogP contribution is 2.27. The van der Waals surface area contributed by atoms with Crippen LogP contribution in [0.1, 0.15) is 12.1 Å². The molecule has 6 nitrogen and oxygen atoms in total. The van der Waals surface area contributed by atoms with Crippen molar-refractivity contribution in [2.75, 3.05) is 13.7 Å². The number of hydrogen-bond donors (Lipinski definition) is 0. The number of fused-ring (bicyclic) bond motifs is 1. The molecule has 1 aromatic carbocycles. The van der Waals surface area contributed by atoms with E-state index in [1.165, 1.54) is 11.8 Å². The van der Waals surface area contributed by atoms with E-state index in [0.29, 0.717) is 45.9 Å². The van der Waals surface area contributed by atoms with Gasteiger partial charge in [-0.25, -0.2) is 9.97 Å². The van der Waals surface area contributed by atoms with E-state index in [1.807, 2.05) is 17.5 Å². The average molecular weight is 448 g/mol. The minimum absolute atomic E-state index is 0.0790. The second-order valence-electron chi connectivity index (χ2n) is 6.27. The highest BCUT2D eigenvalue weighted by Gasteiger charge is 2.14. The van der Waals surface area contributed by atoms with E-state index in [-0.39, 0.29) is 5.56 Å². The van der Waals surface area contributed by atoms with Gasteiger partial charge in [-0.3, -0.25) is 9.36 Å². The Morgan fingerprint density at radius 3 is 3.00 bits per heavy atom. The van der Waals surface area contributed by atoms with Gasteiger partial charge < -0.3 is 9.15 Å². The lowest BCUT2D eigenvalue weighted by molar-refractivity contribution is 0.189. The van der Waals surface area contributed by atoms with Gasteiger partial charge in [-0.05, 0) is 36.1 Å². The molecule has 0 aliphatic rings. The summed E-state index contributed by atoms with van der Waals surface area (Å²) in [6.07, 6.45) is 2.37. The molecule has 0 bridgehead atoms. The van der Waals surface area contributed by atoms with Gasteiger partial charge in [-0.1, -0.05) is 29.4 Å². The summed E-state index contributed by atoms with van der Waals surface area (Å²) in [5.74, 6) is 1.14. The fourth-order valence-corrected chi connectivity index (χ4v) is 4.60. The molecule has 0 saturated carbocycles. The molecule has 0 aliphatic heterocycles. The van der Waals surface area contributed by atoms with Crippen LogP contribution in [0.3, 0.4) is 0 Å². The van der Waals surface area contributed by atoms with Gasteiger partial charge >= 0.3 is 0 Å². The van der Waals surface area contributed by atoms with Gasteiger partial charge in [0, 0.05) is 31.0 Å². The van der Waals surface area contributed by atoms with Gasteiger partial charge in [-0.2, -0.15) is 0 Å². The van der Waals surface area contributed by atoms with Crippen molar-refractivity contribution in [3.63, 3.8) is 0 Å². The van der Waals surface area contributed by atoms with Crippen LogP contribution >= 0.6 is 34.7 Å². The van der Waals surface area contributed by atoms with E-state index < -0.39 is 0 Å². The van der Waals surface area contributed by atoms with E-state index in [4.69, 9.17) is 25.7 Å². The zero-order valence-corrected chi connectivity index (χ0v) is 18.0. The summed E-state index contributed by atoms with van der Waals surface area (Å²) in [6, 6.07) is 9.07. The fraction of sp³-hybridized carbons (Fsp3) is 0.250. The third kappa shape index (κ3) is 4.56. The fourth-order valence-electron chi connectivity index (χ4n) is 2.87. The van der Waals surface area contributed by atoms with E-state index in [2.05, 4.69) is 4.98 Å². The maximum Gasteiger partial charge on any atom is 0.262 e. The Morgan fingerprint density at radius 2 is 2.21 bits per heavy atom. The van der Waals surface area contributed by atoms with Crippen molar-refractivity contribution in [3.05, 3.63) is 63.0 Å². The molecule has 0 aliphatic carbocycles. The van der Waals surface area contributed by atoms with E-state index in [0.717, 1.165) is 17.0 Å². The van der Waals surface area contributed by atoms with Crippen molar-refractivity contribution < 1.29 is 9.15 Å². The van der Waals surface area contributed by atoms with Crippen molar-refractivity contribution in [1.82, 2.24) is 14.5 Å². The summed E-state index contributed by atoms with van der Waals surface area (Å²) >= 11 is 9.13. The first kappa shape index (κ1) is 20.2. The Labute approximate surface area is 180 Å². The number of methoxy groups -OCH3 is 1. The first-order chi connectivity index (χ1) is 14.2. The van der Waals surface area contributed by atoms with Gasteiger partial charge in [-0.15, -0.1) is 11.3 Å². The third-order valence-electron chi connectivity index (χ3n) is 4.25. The molecule has 29 heavy (non-hydrogen) atoms. The number of hydrogen-bond acceptors (Lipinski definition) is 7. The molecule has 4 rings (SSSR count). The van der Waals surface area contributed by atoms with E-state index in [9.17, 15) is 4.79 Å². The molecule has 0 radical (unpaired) electrons. The molecule has 0 fully saturated rings. The monoisotopic (exact) mass is 447 g/mol. The zero-order valence-electron chi connectivity index (χ0n) is 15.6.